The summed E-state index contributed by atoms with van der Waals surface area (Å²) >= 11 is 1.61. The van der Waals surface area contributed by atoms with Gasteiger partial charge in [-0.2, -0.15) is 0 Å². The van der Waals surface area contributed by atoms with E-state index in [1.807, 2.05) is 11.9 Å². The molecule has 0 spiro atoms. The lowest BCUT2D eigenvalue weighted by Gasteiger charge is -2.25. The second-order valence-corrected chi connectivity index (χ2v) is 6.11. The van der Waals surface area contributed by atoms with Crippen molar-refractivity contribution in [3.8, 4) is 11.3 Å². The Labute approximate surface area is 121 Å². The zero-order valence-corrected chi connectivity index (χ0v) is 12.1. The van der Waals surface area contributed by atoms with Gasteiger partial charge in [0.1, 0.15) is 0 Å². The number of benzene rings is 1. The lowest BCUT2D eigenvalue weighted by Crippen LogP contribution is -2.31. The topological polar surface area (TPSA) is 45.2 Å². The van der Waals surface area contributed by atoms with E-state index in [2.05, 4.69) is 27.8 Å². The lowest BCUT2D eigenvalue weighted by atomic mass is 9.96. The molecule has 1 aromatic carbocycles. The van der Waals surface area contributed by atoms with E-state index < -0.39 is 0 Å². The number of anilines is 2. The molecule has 5 heteroatoms. The normalized spacial score (nSPS) is 16.4. The van der Waals surface area contributed by atoms with E-state index in [0.717, 1.165) is 35.8 Å². The molecule has 2 aromatic rings. The second kappa shape index (κ2) is 4.31. The Morgan fingerprint density at radius 1 is 1.35 bits per heavy atom. The predicted octanol–water partition coefficient (Wildman–Crippen LogP) is 2.69. The Morgan fingerprint density at radius 3 is 3.00 bits per heavy atom. The third-order valence-electron chi connectivity index (χ3n) is 4.02. The van der Waals surface area contributed by atoms with Crippen LogP contribution in [0.5, 0.6) is 0 Å². The van der Waals surface area contributed by atoms with Crippen LogP contribution in [0.3, 0.4) is 0 Å². The number of aromatic nitrogens is 1. The van der Waals surface area contributed by atoms with Crippen molar-refractivity contribution in [2.75, 3.05) is 23.8 Å². The third-order valence-corrected chi connectivity index (χ3v) is 4.88. The largest absolute Gasteiger partial charge is 0.365 e. The van der Waals surface area contributed by atoms with Crippen LogP contribution >= 0.6 is 11.3 Å². The average molecular weight is 285 g/mol. The van der Waals surface area contributed by atoms with Crippen molar-refractivity contribution in [2.24, 2.45) is 0 Å². The SMILES string of the molecule is CNc1nc(-c2cc3c4c(c2)CC(=O)N4CCC3)cs1. The van der Waals surface area contributed by atoms with Crippen molar-refractivity contribution in [3.05, 3.63) is 28.6 Å². The molecule has 0 unspecified atom stereocenters. The highest BCUT2D eigenvalue weighted by Gasteiger charge is 2.32. The summed E-state index contributed by atoms with van der Waals surface area (Å²) in [6.45, 7) is 0.874. The number of nitrogens with one attached hydrogen (secondary N) is 1. The number of hydrogen-bond acceptors (Lipinski definition) is 4. The van der Waals surface area contributed by atoms with E-state index in [1.54, 1.807) is 11.3 Å². The minimum Gasteiger partial charge on any atom is -0.365 e. The Hall–Kier alpha value is -1.88. The molecule has 0 bridgehead atoms. The van der Waals surface area contributed by atoms with E-state index in [4.69, 9.17) is 0 Å². The van der Waals surface area contributed by atoms with Gasteiger partial charge in [-0.3, -0.25) is 4.79 Å². The fourth-order valence-electron chi connectivity index (χ4n) is 3.15. The average Bonchev–Trinajstić information content (AvgIpc) is 3.06. The fraction of sp³-hybridized carbons (Fsp3) is 0.333. The molecule has 1 aromatic heterocycles. The van der Waals surface area contributed by atoms with Gasteiger partial charge in [-0.05, 0) is 36.1 Å². The van der Waals surface area contributed by atoms with E-state index >= 15 is 0 Å². The van der Waals surface area contributed by atoms with Crippen LogP contribution in [0.15, 0.2) is 17.5 Å². The number of thiazole rings is 1. The zero-order chi connectivity index (χ0) is 13.7. The Balaban J connectivity index is 1.84. The number of rotatable bonds is 2. The molecular weight excluding hydrogens is 270 g/mol. The van der Waals surface area contributed by atoms with Crippen LogP contribution < -0.4 is 10.2 Å². The molecule has 0 saturated carbocycles. The summed E-state index contributed by atoms with van der Waals surface area (Å²) in [4.78, 5) is 18.6. The van der Waals surface area contributed by atoms with Crippen molar-refractivity contribution < 1.29 is 4.79 Å². The van der Waals surface area contributed by atoms with Gasteiger partial charge in [0.2, 0.25) is 5.91 Å². The molecule has 0 saturated heterocycles. The first kappa shape index (κ1) is 11.9. The predicted molar refractivity (Wildman–Crippen MR) is 81.5 cm³/mol. The molecule has 0 aliphatic carbocycles. The number of amides is 1. The molecule has 4 rings (SSSR count). The molecule has 0 atom stereocenters. The molecular formula is C15H15N3OS. The molecule has 0 radical (unpaired) electrons. The van der Waals surface area contributed by atoms with Crippen LogP contribution in [0, 0.1) is 0 Å². The van der Waals surface area contributed by atoms with Gasteiger partial charge in [0.25, 0.3) is 0 Å². The van der Waals surface area contributed by atoms with Crippen molar-refractivity contribution in [1.82, 2.24) is 4.98 Å². The van der Waals surface area contributed by atoms with Gasteiger partial charge < -0.3 is 10.2 Å². The number of nitrogens with zero attached hydrogens (tertiary/aromatic N) is 2. The van der Waals surface area contributed by atoms with Crippen LogP contribution in [-0.4, -0.2) is 24.5 Å². The van der Waals surface area contributed by atoms with E-state index in [-0.39, 0.29) is 5.91 Å². The minimum absolute atomic E-state index is 0.243. The summed E-state index contributed by atoms with van der Waals surface area (Å²) in [5, 5.41) is 6.06. The van der Waals surface area contributed by atoms with Crippen molar-refractivity contribution >= 4 is 28.1 Å². The number of carbonyl (C=O) groups is 1. The molecule has 4 nitrogen and oxygen atoms in total. The fourth-order valence-corrected chi connectivity index (χ4v) is 3.83. The van der Waals surface area contributed by atoms with Crippen LogP contribution in [0.2, 0.25) is 0 Å². The van der Waals surface area contributed by atoms with Gasteiger partial charge in [0, 0.05) is 24.5 Å². The first-order chi connectivity index (χ1) is 9.76. The summed E-state index contributed by atoms with van der Waals surface area (Å²) in [6, 6.07) is 4.34. The van der Waals surface area contributed by atoms with Gasteiger partial charge in [0.05, 0.1) is 17.8 Å². The summed E-state index contributed by atoms with van der Waals surface area (Å²) in [6.07, 6.45) is 2.66. The second-order valence-electron chi connectivity index (χ2n) is 5.26. The molecule has 2 aliphatic heterocycles. The van der Waals surface area contributed by atoms with Crippen molar-refractivity contribution in [3.63, 3.8) is 0 Å². The van der Waals surface area contributed by atoms with Crippen molar-refractivity contribution in [1.29, 1.82) is 0 Å². The highest BCUT2D eigenvalue weighted by Crippen LogP contribution is 2.40. The lowest BCUT2D eigenvalue weighted by molar-refractivity contribution is -0.117. The summed E-state index contributed by atoms with van der Waals surface area (Å²) < 4.78 is 0. The van der Waals surface area contributed by atoms with Gasteiger partial charge in [-0.15, -0.1) is 11.3 Å². The van der Waals surface area contributed by atoms with Gasteiger partial charge in [0.15, 0.2) is 5.13 Å². The summed E-state index contributed by atoms with van der Waals surface area (Å²) in [7, 11) is 1.88. The number of hydrogen-bond donors (Lipinski definition) is 1. The Morgan fingerprint density at radius 2 is 2.20 bits per heavy atom. The molecule has 0 fully saturated rings. The van der Waals surface area contributed by atoms with E-state index in [0.29, 0.717) is 6.42 Å². The Kier molecular flexibility index (Phi) is 2.57. The first-order valence-corrected chi connectivity index (χ1v) is 7.74. The maximum absolute atomic E-state index is 12.0. The van der Waals surface area contributed by atoms with Crippen LogP contribution in [0.1, 0.15) is 17.5 Å². The molecule has 2 aliphatic rings. The van der Waals surface area contributed by atoms with Crippen LogP contribution in [-0.2, 0) is 17.6 Å². The summed E-state index contributed by atoms with van der Waals surface area (Å²) in [5.41, 5.74) is 5.77. The van der Waals surface area contributed by atoms with Crippen LogP contribution in [0.25, 0.3) is 11.3 Å². The van der Waals surface area contributed by atoms with E-state index in [1.165, 1.54) is 16.8 Å². The molecule has 1 amide bonds. The van der Waals surface area contributed by atoms with Crippen LogP contribution in [0.4, 0.5) is 10.8 Å². The van der Waals surface area contributed by atoms with Gasteiger partial charge >= 0.3 is 0 Å². The van der Waals surface area contributed by atoms with Gasteiger partial charge in [-0.1, -0.05) is 0 Å². The van der Waals surface area contributed by atoms with Gasteiger partial charge in [-0.25, -0.2) is 4.98 Å². The highest BCUT2D eigenvalue weighted by molar-refractivity contribution is 7.14. The van der Waals surface area contributed by atoms with E-state index in [9.17, 15) is 4.79 Å². The molecule has 3 heterocycles. The Bertz CT molecular complexity index is 707. The zero-order valence-electron chi connectivity index (χ0n) is 11.3. The first-order valence-electron chi connectivity index (χ1n) is 6.86. The third kappa shape index (κ3) is 1.66. The molecule has 102 valence electrons. The summed E-state index contributed by atoms with van der Waals surface area (Å²) in [5.74, 6) is 0.243. The maximum atomic E-state index is 12.0. The number of aryl methyl sites for hydroxylation is 1. The molecule has 1 N–H and O–H groups in total. The quantitative estimate of drug-likeness (QED) is 0.922. The molecule has 20 heavy (non-hydrogen) atoms. The monoisotopic (exact) mass is 285 g/mol. The minimum atomic E-state index is 0.243. The number of carbonyl (C=O) groups excluding carboxylic acids is 1. The highest BCUT2D eigenvalue weighted by atomic mass is 32.1. The standard InChI is InChI=1S/C15H15N3OS/c1-16-15-17-12(8-20-15)10-5-9-3-2-4-18-13(19)7-11(6-10)14(9)18/h5-6,8H,2-4,7H2,1H3,(H,16,17). The van der Waals surface area contributed by atoms with Crippen molar-refractivity contribution in [2.45, 2.75) is 19.3 Å². The smallest absolute Gasteiger partial charge is 0.231 e. The maximum Gasteiger partial charge on any atom is 0.231 e.